The predicted octanol–water partition coefficient (Wildman–Crippen LogP) is 22.5. The number of rotatable bonds is 19. The molecule has 6 aromatic carbocycles. The number of nitrogens with one attached hydrogen (secondary N) is 1. The van der Waals surface area contributed by atoms with Gasteiger partial charge < -0.3 is 15.9 Å². The topological polar surface area (TPSA) is 285 Å². The Morgan fingerprint density at radius 2 is 0.905 bits per heavy atom. The van der Waals surface area contributed by atoms with Crippen LogP contribution in [-0.2, 0) is 19.1 Å². The number of aromatic hydroxyl groups is 2. The molecule has 4 aromatic heterocycles. The smallest absolute Gasteiger partial charge is 0.272 e. The zero-order valence-corrected chi connectivity index (χ0v) is 66.0. The molecule has 0 saturated heterocycles. The number of sulfonamides is 1. The largest absolute Gasteiger partial charge is 0.505 e. The van der Waals surface area contributed by atoms with Crippen molar-refractivity contribution in [3.63, 3.8) is 0 Å². The van der Waals surface area contributed by atoms with Crippen LogP contribution in [0.2, 0.25) is 53.5 Å². The summed E-state index contributed by atoms with van der Waals surface area (Å²) in [7, 11) is -3.16. The Hall–Kier alpha value is -4.37. The van der Waals surface area contributed by atoms with Crippen LogP contribution in [0.3, 0.4) is 0 Å². The number of nitrogen functional groups attached to an aromatic ring is 1. The van der Waals surface area contributed by atoms with Crippen LogP contribution in [0.5, 0.6) is 11.5 Å². The second-order valence-corrected chi connectivity index (χ2v) is 45.9. The van der Waals surface area contributed by atoms with Gasteiger partial charge in [0.05, 0.1) is 25.6 Å². The van der Waals surface area contributed by atoms with Crippen molar-refractivity contribution in [2.24, 2.45) is 0 Å². The molecule has 5 N–H and O–H groups in total. The molecule has 0 saturated carbocycles. The quantitative estimate of drug-likeness (QED) is 0.0192. The van der Waals surface area contributed by atoms with Crippen molar-refractivity contribution < 1.29 is 36.9 Å². The average Bonchev–Trinajstić information content (AvgIpc) is 1.37. The van der Waals surface area contributed by atoms with Crippen molar-refractivity contribution in [3.05, 3.63) is 208 Å². The van der Waals surface area contributed by atoms with E-state index >= 15 is 0 Å². The number of thiazole rings is 4. The minimum Gasteiger partial charge on any atom is -0.505 e. The molecule has 0 spiro atoms. The molecule has 4 heterocycles. The van der Waals surface area contributed by atoms with Gasteiger partial charge in [0.2, 0.25) is 0 Å². The van der Waals surface area contributed by atoms with Crippen LogP contribution in [0.1, 0.15) is 59.3 Å². The normalized spacial score (nSPS) is 11.0. The molecule has 0 aliphatic rings. The van der Waals surface area contributed by atoms with E-state index < -0.39 is 68.6 Å². The van der Waals surface area contributed by atoms with E-state index in [0.717, 1.165) is 27.7 Å². The van der Waals surface area contributed by atoms with E-state index in [4.69, 9.17) is 114 Å². The Balaban J connectivity index is 0.000000211. The van der Waals surface area contributed by atoms with Crippen molar-refractivity contribution >= 4 is 228 Å². The van der Waals surface area contributed by atoms with E-state index in [9.17, 15) is 47.3 Å². The van der Waals surface area contributed by atoms with Crippen LogP contribution < -0.4 is 13.5 Å². The van der Waals surface area contributed by atoms with Gasteiger partial charge >= 0.3 is 122 Å². The van der Waals surface area contributed by atoms with E-state index in [1.165, 1.54) is 104 Å². The molecule has 0 bridgehead atoms. The molecular weight excluding hydrogens is 1700 g/mol. The molecule has 10 rings (SSSR count). The number of benzene rings is 6. The summed E-state index contributed by atoms with van der Waals surface area (Å²) in [6, 6.07) is 23.5. The van der Waals surface area contributed by atoms with Gasteiger partial charge in [-0.15, -0.1) is 34.0 Å². The molecule has 0 atom stereocenters. The van der Waals surface area contributed by atoms with Gasteiger partial charge in [0.1, 0.15) is 24.8 Å². The van der Waals surface area contributed by atoms with Crippen LogP contribution in [0.4, 0.5) is 22.7 Å². The first-order valence-electron chi connectivity index (χ1n) is 27.7. The summed E-state index contributed by atoms with van der Waals surface area (Å²) >= 11 is 53.2. The van der Waals surface area contributed by atoms with Crippen LogP contribution in [-0.4, -0.2) is 75.2 Å². The Morgan fingerprint density at radius 3 is 1.32 bits per heavy atom. The molecule has 0 fully saturated rings. The Morgan fingerprint density at radius 1 is 0.516 bits per heavy atom. The SMILES string of the molecule is CCC[CH2][Sn]([CH2]CCC)([CH2]CCC)[c]1nccs1.Nc1cc(Cl)cc(-c2nccs2)c1.O=S(=O)(Cl)c1cc(Cl)cc(Cl)c1O.O=S(=O)(Nc1cc(Cl)cc(-c2nccs2)c1)c1cc(Cl)cc(Cl)c1O.O=[N+]([O-])c1cc(Cl)cc(-c2nccs2)c1.O=[N+]([O-])c1cc(Cl)cc(Br)c1. The summed E-state index contributed by atoms with van der Waals surface area (Å²) in [6.07, 6.45) is 15.4. The maximum atomic E-state index is 12.6. The number of hydrogen-bond donors (Lipinski definition) is 4. The maximum Gasteiger partial charge on any atom is 0.272 e. The number of nitro benzene ring substituents is 2. The number of phenols is 2. The van der Waals surface area contributed by atoms with E-state index in [1.807, 2.05) is 40.4 Å². The zero-order valence-electron chi connectivity index (χ0n) is 49.9. The fourth-order valence-corrected chi connectivity index (χ4v) is 34.5. The van der Waals surface area contributed by atoms with Gasteiger partial charge in [0.25, 0.3) is 30.4 Å². The van der Waals surface area contributed by atoms with Gasteiger partial charge in [-0.05, 0) is 72.8 Å². The Labute approximate surface area is 622 Å². The van der Waals surface area contributed by atoms with Crippen molar-refractivity contribution in [3.8, 4) is 43.2 Å². The minimum atomic E-state index is -4.14. The van der Waals surface area contributed by atoms with Gasteiger partial charge in [0.15, 0.2) is 11.5 Å². The number of unbranched alkanes of at least 4 members (excludes halogenated alkanes) is 3. The number of hydrogen-bond acceptors (Lipinski definition) is 19. The molecule has 0 aliphatic heterocycles. The van der Waals surface area contributed by atoms with Gasteiger partial charge in [-0.1, -0.05) is 109 Å². The van der Waals surface area contributed by atoms with Gasteiger partial charge in [0, 0.05) is 127 Å². The van der Waals surface area contributed by atoms with Crippen molar-refractivity contribution in [1.82, 2.24) is 19.9 Å². The fraction of sp³-hybridized carbons (Fsp3) is 0.200. The summed E-state index contributed by atoms with van der Waals surface area (Å²) in [5.41, 5.74) is 8.81. The second kappa shape index (κ2) is 39.4. The zero-order chi connectivity index (χ0) is 70.2. The first kappa shape index (κ1) is 81.3. The van der Waals surface area contributed by atoms with Gasteiger partial charge in [-0.25, -0.2) is 31.8 Å². The molecule has 0 aliphatic carbocycles. The maximum absolute atomic E-state index is 12.6. The monoisotopic (exact) mass is 1750 g/mol. The molecule has 18 nitrogen and oxygen atoms in total. The molecule has 95 heavy (non-hydrogen) atoms. The molecule has 35 heteroatoms. The van der Waals surface area contributed by atoms with Crippen LogP contribution in [0.15, 0.2) is 158 Å². The molecule has 506 valence electrons. The third kappa shape index (κ3) is 26.3. The molecule has 0 amide bonds. The van der Waals surface area contributed by atoms with E-state index in [2.05, 4.69) is 61.8 Å². The number of nitrogens with zero attached hydrogens (tertiary/aromatic N) is 6. The number of aromatic nitrogens is 4. The fourth-order valence-electron chi connectivity index (χ4n) is 8.47. The Kier molecular flexibility index (Phi) is 33.7. The average molecular weight is 1760 g/mol. The molecule has 0 radical (unpaired) electrons. The van der Waals surface area contributed by atoms with E-state index in [1.54, 1.807) is 82.0 Å². The minimum absolute atomic E-state index is 0.00984. The van der Waals surface area contributed by atoms with Gasteiger partial charge in [-0.3, -0.25) is 25.0 Å². The molecule has 0 unspecified atom stereocenters. The third-order valence-electron chi connectivity index (χ3n) is 12.7. The summed E-state index contributed by atoms with van der Waals surface area (Å²) < 4.78 is 56.1. The van der Waals surface area contributed by atoms with Crippen LogP contribution in [0.25, 0.3) is 31.7 Å². The number of anilines is 2. The molecule has 10 aromatic rings. The summed E-state index contributed by atoms with van der Waals surface area (Å²) in [6.45, 7) is 6.99. The predicted molar refractivity (Wildman–Crippen MR) is 401 cm³/mol. The van der Waals surface area contributed by atoms with Crippen LogP contribution in [0, 0.1) is 20.2 Å². The number of nitro groups is 2. The van der Waals surface area contributed by atoms with E-state index in [-0.39, 0.29) is 37.2 Å². The van der Waals surface area contributed by atoms with E-state index in [0.29, 0.717) is 46.4 Å². The van der Waals surface area contributed by atoms with Gasteiger partial charge in [-0.2, -0.15) is 0 Å². The van der Waals surface area contributed by atoms with Crippen molar-refractivity contribution in [1.29, 1.82) is 0 Å². The Bertz CT molecular complexity index is 4330. The summed E-state index contributed by atoms with van der Waals surface area (Å²) in [5, 5.41) is 51.6. The number of nitrogens with two attached hydrogens (primary N) is 1. The van der Waals surface area contributed by atoms with Crippen LogP contribution >= 0.6 is 165 Å². The first-order chi connectivity index (χ1) is 44.9. The summed E-state index contributed by atoms with van der Waals surface area (Å²) in [4.78, 5) is 36.1. The standard InChI is InChI=1S/C15H9Cl3N2O3S2.C9H5ClN2O2S.C9H7ClN2S.C6H3BrClNO2.C6H3Cl3O3S.3C4H9.C3H2NS.Sn/c16-9-3-8(15-19-1-2-24-15)4-11(5-9)20-25(22,23)13-7-10(17)6-12(18)14(13)21;10-7-3-6(9-11-1-2-15-9)4-8(5-7)12(13)14;10-7-3-6(4-8(11)5-7)9-12-1-2-13-9;7-4-1-5(8)3-6(2-4)9(10)11;7-3-1-4(8)6(10)5(2-3)13(9,11)12;3*1-3-4-2;1-2-5-3-4-1;/h1-7,20-21H;1-5H;1-5H,11H2;1-3H;1-2,10H;3*1,3-4H2,2H3;1-2H;. The third-order valence-corrected chi connectivity index (χ3v) is 38.9. The summed E-state index contributed by atoms with van der Waals surface area (Å²) in [5.74, 6) is -1.18. The number of non-ortho nitro benzene ring substituents is 2. The number of phenolic OH excluding ortho intramolecular Hbond substituents is 2. The van der Waals surface area contributed by atoms with Crippen molar-refractivity contribution in [2.45, 2.75) is 82.4 Å². The first-order valence-corrected chi connectivity index (χ1v) is 46.3. The molecular formula is C60H56BrCl9N8O10S6Sn. The number of halogens is 10. The van der Waals surface area contributed by atoms with Crippen molar-refractivity contribution in [2.75, 3.05) is 10.5 Å². The second-order valence-electron chi connectivity index (χ2n) is 19.8.